The Bertz CT molecular complexity index is 62.2. The van der Waals surface area contributed by atoms with Crippen molar-refractivity contribution in [3.05, 3.63) is 0 Å². The van der Waals surface area contributed by atoms with Gasteiger partial charge in [-0.15, -0.1) is 0 Å². The number of phosphoric acid groups is 1. The van der Waals surface area contributed by atoms with Gasteiger partial charge in [-0.25, -0.2) is 0 Å². The molecule has 0 saturated carbocycles. The van der Waals surface area contributed by atoms with E-state index in [1.54, 1.807) is 0 Å². The second-order valence-electron chi connectivity index (χ2n) is 0.447. The van der Waals surface area contributed by atoms with Crippen LogP contribution in [0.1, 0.15) is 0 Å². The molecule has 0 atom stereocenters. The fraction of sp³-hybridized carbons (Fsp3) is 0. The van der Waals surface area contributed by atoms with Crippen molar-refractivity contribution in [2.24, 2.45) is 0 Å². The summed E-state index contributed by atoms with van der Waals surface area (Å²) in [5, 5.41) is 0. The maximum Gasteiger partial charge on any atom is 4.00 e. The molecule has 0 aromatic heterocycles. The third-order valence-electron chi connectivity index (χ3n) is 0. The molecule has 0 aliphatic carbocycles. The Hall–Kier alpha value is 3.06. The molecule has 0 radical (unpaired) electrons. The molecular weight excluding hydrogens is 295 g/mol. The van der Waals surface area contributed by atoms with Crippen LogP contribution in [-0.2, 0) is 45.1 Å². The van der Waals surface area contributed by atoms with E-state index in [4.69, 9.17) is 19.2 Å². The average molecular weight is 295 g/mol. The maximum atomic E-state index is 8.55. The van der Waals surface area contributed by atoms with Gasteiger partial charge in [-0.1, -0.05) is 0 Å². The van der Waals surface area contributed by atoms with E-state index in [1.807, 2.05) is 0 Å². The van der Waals surface area contributed by atoms with Gasteiger partial charge in [-0.05, 0) is 0 Å². The Morgan fingerprint density at radius 3 is 1.12 bits per heavy atom. The zero-order chi connectivity index (χ0) is 4.50. The quantitative estimate of drug-likeness (QED) is 0.329. The minimum atomic E-state index is -5.39. The molecule has 0 bridgehead atoms. The molecule has 0 spiro atoms. The van der Waals surface area contributed by atoms with E-state index < -0.39 is 7.82 Å². The minimum Gasteiger partial charge on any atom is -0.822 e. The molecule has 34 valence electrons. The standard InChI is InChI=1S/K.Mo.H3O4P.Zn/c;;1-5(2,3)4;/h;;(H3,1,2,3,4);/q+1;+4;;+2/p-3. The second kappa shape index (κ2) is 10.1. The van der Waals surface area contributed by atoms with Crippen LogP contribution in [0, 0.1) is 0 Å². The second-order valence-corrected chi connectivity index (χ2v) is 1.34. The summed E-state index contributed by atoms with van der Waals surface area (Å²) < 4.78 is 8.55. The molecule has 4 nitrogen and oxygen atoms in total. The van der Waals surface area contributed by atoms with Crippen molar-refractivity contribution < 1.29 is 111 Å². The van der Waals surface area contributed by atoms with Crippen LogP contribution in [0.5, 0.6) is 0 Å². The first-order valence-corrected chi connectivity index (χ1v) is 2.19. The van der Waals surface area contributed by atoms with Crippen LogP contribution in [0.2, 0.25) is 0 Å². The van der Waals surface area contributed by atoms with Gasteiger partial charge in [-0.3, -0.25) is 0 Å². The van der Waals surface area contributed by atoms with Gasteiger partial charge in [0.1, 0.15) is 0 Å². The Morgan fingerprint density at radius 2 is 1.12 bits per heavy atom. The van der Waals surface area contributed by atoms with E-state index in [1.165, 1.54) is 0 Å². The monoisotopic (exact) mass is 296 g/mol. The summed E-state index contributed by atoms with van der Waals surface area (Å²) in [6, 6.07) is 0. The summed E-state index contributed by atoms with van der Waals surface area (Å²) in [4.78, 5) is 25.6. The van der Waals surface area contributed by atoms with Crippen molar-refractivity contribution in [3.8, 4) is 0 Å². The third kappa shape index (κ3) is 62.9. The van der Waals surface area contributed by atoms with Crippen LogP contribution in [0.4, 0.5) is 0 Å². The fourth-order valence-electron chi connectivity index (χ4n) is 0. The van der Waals surface area contributed by atoms with Gasteiger partial charge in [0.2, 0.25) is 0 Å². The first-order valence-electron chi connectivity index (χ1n) is 0.730. The van der Waals surface area contributed by atoms with Crippen LogP contribution >= 0.6 is 7.82 Å². The van der Waals surface area contributed by atoms with Crippen LogP contribution in [0.15, 0.2) is 0 Å². The van der Waals surface area contributed by atoms with Gasteiger partial charge < -0.3 is 19.2 Å². The molecule has 0 aromatic carbocycles. The molecule has 0 saturated heterocycles. The molecule has 0 rings (SSSR count). The van der Waals surface area contributed by atoms with Crippen molar-refractivity contribution in [3.63, 3.8) is 0 Å². The van der Waals surface area contributed by atoms with Crippen LogP contribution in [-0.4, -0.2) is 0 Å². The summed E-state index contributed by atoms with van der Waals surface area (Å²) in [7, 11) is -5.39. The first kappa shape index (κ1) is 22.5. The van der Waals surface area contributed by atoms with Gasteiger partial charge in [0.25, 0.3) is 0 Å². The molecule has 0 heterocycles. The predicted molar refractivity (Wildman–Crippen MR) is 7.61 cm³/mol. The molecule has 0 amide bonds. The van der Waals surface area contributed by atoms with Crippen molar-refractivity contribution >= 4 is 7.82 Å². The number of hydrogen-bond donors (Lipinski definition) is 0. The van der Waals surface area contributed by atoms with Gasteiger partial charge in [0, 0.05) is 0 Å². The summed E-state index contributed by atoms with van der Waals surface area (Å²) in [5.74, 6) is 0. The zero-order valence-electron chi connectivity index (χ0n) is 4.20. The largest absolute Gasteiger partial charge is 4.00 e. The molecule has 0 N–H and O–H groups in total. The van der Waals surface area contributed by atoms with Crippen LogP contribution < -0.4 is 66.1 Å². The smallest absolute Gasteiger partial charge is 0.822 e. The van der Waals surface area contributed by atoms with E-state index in [9.17, 15) is 0 Å². The van der Waals surface area contributed by atoms with Crippen molar-refractivity contribution in [2.45, 2.75) is 0 Å². The number of rotatable bonds is 0. The molecule has 0 aliphatic rings. The van der Waals surface area contributed by atoms with Crippen molar-refractivity contribution in [1.82, 2.24) is 0 Å². The topological polar surface area (TPSA) is 86.2 Å². The van der Waals surface area contributed by atoms with Crippen molar-refractivity contribution in [2.75, 3.05) is 0 Å². The van der Waals surface area contributed by atoms with Gasteiger partial charge in [0.05, 0.1) is 0 Å². The molecule has 0 unspecified atom stereocenters. The summed E-state index contributed by atoms with van der Waals surface area (Å²) in [6.07, 6.45) is 0. The normalized spacial score (nSPS) is 7.38. The Morgan fingerprint density at radius 1 is 1.12 bits per heavy atom. The Kier molecular flexibility index (Phi) is 28.2. The fourth-order valence-corrected chi connectivity index (χ4v) is 0. The molecule has 8 heavy (non-hydrogen) atoms. The van der Waals surface area contributed by atoms with Crippen LogP contribution in [0.25, 0.3) is 0 Å². The van der Waals surface area contributed by atoms with Crippen LogP contribution in [0.3, 0.4) is 0 Å². The van der Waals surface area contributed by atoms with E-state index in [-0.39, 0.29) is 91.9 Å². The van der Waals surface area contributed by atoms with E-state index in [2.05, 4.69) is 0 Å². The molecule has 0 fully saturated rings. The average Bonchev–Trinajstić information content (AvgIpc) is 0.722. The van der Waals surface area contributed by atoms with E-state index >= 15 is 0 Å². The minimum absolute atomic E-state index is 0. The molecule has 8 heteroatoms. The van der Waals surface area contributed by atoms with Crippen molar-refractivity contribution in [1.29, 1.82) is 0 Å². The van der Waals surface area contributed by atoms with E-state index in [0.717, 1.165) is 0 Å². The van der Waals surface area contributed by atoms with Gasteiger partial charge in [-0.2, -0.15) is 7.82 Å². The molecular formula is KMoO4PZn+4. The Labute approximate surface area is 117 Å². The Balaban J connectivity index is -0.0000000267. The predicted octanol–water partition coefficient (Wildman–Crippen LogP) is -5.83. The summed E-state index contributed by atoms with van der Waals surface area (Å²) in [5.41, 5.74) is 0. The third-order valence-corrected chi connectivity index (χ3v) is 0. The molecule has 0 aromatic rings. The SMILES string of the molecule is O=P([O-])([O-])[O-].[K+].[Mo+4].[Zn+2]. The maximum absolute atomic E-state index is 8.55. The zero-order valence-corrected chi connectivity index (χ0v) is 13.2. The van der Waals surface area contributed by atoms with E-state index in [0.29, 0.717) is 0 Å². The summed E-state index contributed by atoms with van der Waals surface area (Å²) >= 11 is 0. The van der Waals surface area contributed by atoms with Gasteiger partial charge >= 0.3 is 91.9 Å². The van der Waals surface area contributed by atoms with Gasteiger partial charge in [0.15, 0.2) is 0 Å². The molecule has 0 aliphatic heterocycles. The first-order chi connectivity index (χ1) is 2.00. The number of hydrogen-bond acceptors (Lipinski definition) is 4. The summed E-state index contributed by atoms with van der Waals surface area (Å²) in [6.45, 7) is 0.